The van der Waals surface area contributed by atoms with Gasteiger partial charge in [-0.25, -0.2) is 0 Å². The molecule has 0 atom stereocenters. The number of nitro benzene ring substituents is 1. The molecule has 1 aromatic carbocycles. The SMILES string of the molecule is COc1cccc(NCc2ccccn2)c1[N+](=O)[O-]. The number of hydrogen-bond donors (Lipinski definition) is 1. The van der Waals surface area contributed by atoms with Crippen molar-refractivity contribution in [2.24, 2.45) is 0 Å². The Morgan fingerprint density at radius 3 is 2.79 bits per heavy atom. The van der Waals surface area contributed by atoms with E-state index in [1.165, 1.54) is 7.11 Å². The molecule has 1 aromatic heterocycles. The number of nitrogens with zero attached hydrogens (tertiary/aromatic N) is 2. The molecule has 2 rings (SSSR count). The minimum Gasteiger partial charge on any atom is -0.490 e. The highest BCUT2D eigenvalue weighted by molar-refractivity contribution is 5.68. The van der Waals surface area contributed by atoms with Crippen molar-refractivity contribution >= 4 is 11.4 Å². The van der Waals surface area contributed by atoms with Gasteiger partial charge in [-0.3, -0.25) is 15.1 Å². The summed E-state index contributed by atoms with van der Waals surface area (Å²) in [6.07, 6.45) is 1.68. The van der Waals surface area contributed by atoms with E-state index in [-0.39, 0.29) is 11.4 Å². The number of rotatable bonds is 5. The number of ether oxygens (including phenoxy) is 1. The highest BCUT2D eigenvalue weighted by Crippen LogP contribution is 2.34. The number of para-hydroxylation sites is 1. The fourth-order valence-electron chi connectivity index (χ4n) is 1.71. The molecule has 0 bridgehead atoms. The zero-order valence-corrected chi connectivity index (χ0v) is 10.4. The molecular weight excluding hydrogens is 246 g/mol. The van der Waals surface area contributed by atoms with Crippen molar-refractivity contribution in [3.63, 3.8) is 0 Å². The Morgan fingerprint density at radius 1 is 1.32 bits per heavy atom. The van der Waals surface area contributed by atoms with Gasteiger partial charge in [-0.05, 0) is 24.3 Å². The standard InChI is InChI=1S/C13H13N3O3/c1-19-12-7-4-6-11(13(12)16(17)18)15-9-10-5-2-3-8-14-10/h2-8,15H,9H2,1H3. The third-order valence-electron chi connectivity index (χ3n) is 2.59. The van der Waals surface area contributed by atoms with Crippen LogP contribution in [0.15, 0.2) is 42.6 Å². The lowest BCUT2D eigenvalue weighted by molar-refractivity contribution is -0.384. The van der Waals surface area contributed by atoms with Crippen LogP contribution < -0.4 is 10.1 Å². The fourth-order valence-corrected chi connectivity index (χ4v) is 1.71. The second-order valence-corrected chi connectivity index (χ2v) is 3.79. The van der Waals surface area contributed by atoms with Crippen LogP contribution in [-0.4, -0.2) is 17.0 Å². The second-order valence-electron chi connectivity index (χ2n) is 3.79. The third-order valence-corrected chi connectivity index (χ3v) is 2.59. The van der Waals surface area contributed by atoms with Crippen LogP contribution in [0.2, 0.25) is 0 Å². The van der Waals surface area contributed by atoms with Crippen LogP contribution in [0.1, 0.15) is 5.69 Å². The Morgan fingerprint density at radius 2 is 2.16 bits per heavy atom. The topological polar surface area (TPSA) is 77.3 Å². The van der Waals surface area contributed by atoms with Gasteiger partial charge in [0.15, 0.2) is 5.75 Å². The van der Waals surface area contributed by atoms with E-state index in [9.17, 15) is 10.1 Å². The summed E-state index contributed by atoms with van der Waals surface area (Å²) in [4.78, 5) is 14.8. The van der Waals surface area contributed by atoms with Crippen molar-refractivity contribution < 1.29 is 9.66 Å². The summed E-state index contributed by atoms with van der Waals surface area (Å²) < 4.78 is 5.00. The van der Waals surface area contributed by atoms with Crippen LogP contribution in [0.25, 0.3) is 0 Å². The number of hydrogen-bond acceptors (Lipinski definition) is 5. The number of anilines is 1. The van der Waals surface area contributed by atoms with E-state index in [1.54, 1.807) is 24.4 Å². The first-order chi connectivity index (χ1) is 9.22. The lowest BCUT2D eigenvalue weighted by atomic mass is 10.2. The number of benzene rings is 1. The maximum absolute atomic E-state index is 11.1. The average Bonchev–Trinajstić information content (AvgIpc) is 2.45. The quantitative estimate of drug-likeness (QED) is 0.659. The first kappa shape index (κ1) is 12.8. The monoisotopic (exact) mass is 259 g/mol. The second kappa shape index (κ2) is 5.81. The predicted octanol–water partition coefficient (Wildman–Crippen LogP) is 2.61. The zero-order valence-electron chi connectivity index (χ0n) is 10.4. The van der Waals surface area contributed by atoms with Crippen LogP contribution in [-0.2, 0) is 6.54 Å². The Labute approximate surface area is 110 Å². The van der Waals surface area contributed by atoms with Gasteiger partial charge in [0.25, 0.3) is 0 Å². The fraction of sp³-hybridized carbons (Fsp3) is 0.154. The Balaban J connectivity index is 2.23. The van der Waals surface area contributed by atoms with Gasteiger partial charge in [-0.1, -0.05) is 12.1 Å². The lowest BCUT2D eigenvalue weighted by Gasteiger charge is -2.09. The average molecular weight is 259 g/mol. The summed E-state index contributed by atoms with van der Waals surface area (Å²) >= 11 is 0. The van der Waals surface area contributed by atoms with Crippen molar-refractivity contribution in [3.05, 3.63) is 58.4 Å². The van der Waals surface area contributed by atoms with Crippen molar-refractivity contribution in [1.82, 2.24) is 4.98 Å². The van der Waals surface area contributed by atoms with Gasteiger partial charge < -0.3 is 10.1 Å². The summed E-state index contributed by atoms with van der Waals surface area (Å²) in [5.41, 5.74) is 1.15. The van der Waals surface area contributed by atoms with Gasteiger partial charge in [0, 0.05) is 6.20 Å². The largest absolute Gasteiger partial charge is 0.490 e. The van der Waals surface area contributed by atoms with Gasteiger partial charge in [-0.15, -0.1) is 0 Å². The first-order valence-electron chi connectivity index (χ1n) is 5.67. The number of aromatic nitrogens is 1. The molecule has 0 radical (unpaired) electrons. The molecule has 6 nitrogen and oxygen atoms in total. The minimum absolute atomic E-state index is 0.0686. The van der Waals surface area contributed by atoms with E-state index >= 15 is 0 Å². The summed E-state index contributed by atoms with van der Waals surface area (Å²) in [5, 5.41) is 14.1. The molecule has 19 heavy (non-hydrogen) atoms. The van der Waals surface area contributed by atoms with Crippen LogP contribution in [0.5, 0.6) is 5.75 Å². The molecule has 6 heteroatoms. The zero-order chi connectivity index (χ0) is 13.7. The molecular formula is C13H13N3O3. The summed E-state index contributed by atoms with van der Waals surface area (Å²) in [6, 6.07) is 10.4. The van der Waals surface area contributed by atoms with E-state index in [0.717, 1.165) is 5.69 Å². The smallest absolute Gasteiger partial charge is 0.333 e. The van der Waals surface area contributed by atoms with Gasteiger partial charge in [0.1, 0.15) is 5.69 Å². The van der Waals surface area contributed by atoms with Crippen molar-refractivity contribution in [2.75, 3.05) is 12.4 Å². The summed E-state index contributed by atoms with van der Waals surface area (Å²) in [6.45, 7) is 0.412. The highest BCUT2D eigenvalue weighted by atomic mass is 16.6. The van der Waals surface area contributed by atoms with Gasteiger partial charge >= 0.3 is 5.69 Å². The molecule has 0 saturated heterocycles. The molecule has 0 amide bonds. The number of pyridine rings is 1. The highest BCUT2D eigenvalue weighted by Gasteiger charge is 2.20. The van der Waals surface area contributed by atoms with Gasteiger partial charge in [0.2, 0.25) is 0 Å². The van der Waals surface area contributed by atoms with Gasteiger partial charge in [0.05, 0.1) is 24.3 Å². The van der Waals surface area contributed by atoms with E-state index in [1.807, 2.05) is 18.2 Å². The predicted molar refractivity (Wildman–Crippen MR) is 71.2 cm³/mol. The normalized spacial score (nSPS) is 9.95. The molecule has 2 aromatic rings. The summed E-state index contributed by atoms with van der Waals surface area (Å²) in [7, 11) is 1.41. The molecule has 0 spiro atoms. The van der Waals surface area contributed by atoms with Crippen LogP contribution in [0.3, 0.4) is 0 Å². The van der Waals surface area contributed by atoms with E-state index in [4.69, 9.17) is 4.74 Å². The molecule has 0 saturated carbocycles. The number of nitrogens with one attached hydrogen (secondary N) is 1. The molecule has 1 heterocycles. The Bertz CT molecular complexity index is 573. The molecule has 0 aliphatic carbocycles. The maximum atomic E-state index is 11.1. The molecule has 0 fully saturated rings. The Hall–Kier alpha value is -2.63. The van der Waals surface area contributed by atoms with Crippen molar-refractivity contribution in [2.45, 2.75) is 6.54 Å². The van der Waals surface area contributed by atoms with Crippen LogP contribution in [0, 0.1) is 10.1 Å². The van der Waals surface area contributed by atoms with Crippen LogP contribution in [0.4, 0.5) is 11.4 Å². The molecule has 0 unspecified atom stereocenters. The van der Waals surface area contributed by atoms with E-state index in [0.29, 0.717) is 12.2 Å². The minimum atomic E-state index is -0.459. The first-order valence-corrected chi connectivity index (χ1v) is 5.67. The molecule has 98 valence electrons. The van der Waals surface area contributed by atoms with Crippen molar-refractivity contribution in [1.29, 1.82) is 0 Å². The van der Waals surface area contributed by atoms with Crippen LogP contribution >= 0.6 is 0 Å². The Kier molecular flexibility index (Phi) is 3.92. The third kappa shape index (κ3) is 2.98. The summed E-state index contributed by atoms with van der Waals surface area (Å²) in [5.74, 6) is 0.232. The molecule has 0 aliphatic rings. The molecule has 1 N–H and O–H groups in total. The van der Waals surface area contributed by atoms with Gasteiger partial charge in [-0.2, -0.15) is 0 Å². The number of nitro groups is 1. The van der Waals surface area contributed by atoms with E-state index in [2.05, 4.69) is 10.3 Å². The van der Waals surface area contributed by atoms with E-state index < -0.39 is 4.92 Å². The molecule has 0 aliphatic heterocycles. The maximum Gasteiger partial charge on any atom is 0.333 e. The van der Waals surface area contributed by atoms with Crippen molar-refractivity contribution in [3.8, 4) is 5.75 Å². The number of methoxy groups -OCH3 is 1. The lowest BCUT2D eigenvalue weighted by Crippen LogP contribution is -2.04.